The zero-order valence-corrected chi connectivity index (χ0v) is 15.3. The van der Waals surface area contributed by atoms with Gasteiger partial charge in [-0.1, -0.05) is 0 Å². The SMILES string of the molecule is CN(Cc1nnc2c(n1)c(=O)n(C)c(=O)n2-c1ccc(F)cc1)C(=O)CCN. The molecule has 0 fully saturated rings. The van der Waals surface area contributed by atoms with Gasteiger partial charge in [0.1, 0.15) is 5.82 Å². The van der Waals surface area contributed by atoms with Gasteiger partial charge in [-0.2, -0.15) is 0 Å². The van der Waals surface area contributed by atoms with Gasteiger partial charge < -0.3 is 10.6 Å². The predicted octanol–water partition coefficient (Wildman–Crippen LogP) is -0.679. The van der Waals surface area contributed by atoms with Crippen molar-refractivity contribution < 1.29 is 9.18 Å². The van der Waals surface area contributed by atoms with Gasteiger partial charge in [-0.15, -0.1) is 10.2 Å². The normalized spacial score (nSPS) is 11.0. The number of benzene rings is 1. The highest BCUT2D eigenvalue weighted by Crippen LogP contribution is 2.11. The van der Waals surface area contributed by atoms with Crippen molar-refractivity contribution in [2.75, 3.05) is 13.6 Å². The highest BCUT2D eigenvalue weighted by Gasteiger charge is 2.18. The molecule has 146 valence electrons. The number of aromatic nitrogens is 5. The van der Waals surface area contributed by atoms with Gasteiger partial charge in [0.2, 0.25) is 5.91 Å². The Morgan fingerprint density at radius 3 is 2.54 bits per heavy atom. The van der Waals surface area contributed by atoms with Crippen LogP contribution in [0.2, 0.25) is 0 Å². The van der Waals surface area contributed by atoms with E-state index in [1.165, 1.54) is 36.2 Å². The van der Waals surface area contributed by atoms with Crippen molar-refractivity contribution in [1.82, 2.24) is 29.2 Å². The molecular weight excluding hydrogens is 369 g/mol. The van der Waals surface area contributed by atoms with Crippen LogP contribution in [0.4, 0.5) is 4.39 Å². The molecule has 1 aromatic carbocycles. The second-order valence-corrected chi connectivity index (χ2v) is 6.15. The smallest absolute Gasteiger partial charge is 0.337 e. The van der Waals surface area contributed by atoms with Crippen LogP contribution in [0.25, 0.3) is 16.9 Å². The van der Waals surface area contributed by atoms with Crippen LogP contribution in [0.15, 0.2) is 33.9 Å². The van der Waals surface area contributed by atoms with E-state index in [-0.39, 0.29) is 42.4 Å². The van der Waals surface area contributed by atoms with Gasteiger partial charge in [-0.3, -0.25) is 14.2 Å². The lowest BCUT2D eigenvalue weighted by Crippen LogP contribution is -2.38. The third kappa shape index (κ3) is 3.51. The molecule has 0 bridgehead atoms. The molecule has 1 amide bonds. The van der Waals surface area contributed by atoms with Crippen molar-refractivity contribution in [3.63, 3.8) is 0 Å². The summed E-state index contributed by atoms with van der Waals surface area (Å²) in [5, 5.41) is 7.92. The van der Waals surface area contributed by atoms with E-state index in [0.717, 1.165) is 9.13 Å². The molecule has 0 unspecified atom stereocenters. The Hall–Kier alpha value is -3.47. The second-order valence-electron chi connectivity index (χ2n) is 6.15. The van der Waals surface area contributed by atoms with Gasteiger partial charge in [0.05, 0.1) is 12.2 Å². The number of hydrogen-bond acceptors (Lipinski definition) is 7. The molecule has 0 aliphatic rings. The molecule has 0 atom stereocenters. The van der Waals surface area contributed by atoms with Crippen LogP contribution in [-0.4, -0.2) is 48.7 Å². The molecule has 11 heteroatoms. The molecule has 2 aromatic heterocycles. The zero-order chi connectivity index (χ0) is 20.4. The molecule has 0 aliphatic carbocycles. The minimum atomic E-state index is -0.664. The number of carbonyl (C=O) groups excluding carboxylic acids is 1. The summed E-state index contributed by atoms with van der Waals surface area (Å²) in [5.74, 6) is -0.528. The van der Waals surface area contributed by atoms with E-state index in [1.807, 2.05) is 0 Å². The maximum absolute atomic E-state index is 13.2. The average molecular weight is 387 g/mol. The van der Waals surface area contributed by atoms with Crippen molar-refractivity contribution in [2.45, 2.75) is 13.0 Å². The number of hydrogen-bond donors (Lipinski definition) is 1. The first kappa shape index (κ1) is 19.3. The van der Waals surface area contributed by atoms with Crippen LogP contribution in [0.1, 0.15) is 12.2 Å². The van der Waals surface area contributed by atoms with Crippen LogP contribution in [0, 0.1) is 5.82 Å². The highest BCUT2D eigenvalue weighted by atomic mass is 19.1. The maximum atomic E-state index is 13.2. The summed E-state index contributed by atoms with van der Waals surface area (Å²) in [5.41, 5.74) is 4.23. The topological polar surface area (TPSA) is 129 Å². The number of amides is 1. The van der Waals surface area contributed by atoms with Crippen LogP contribution in [0.5, 0.6) is 0 Å². The third-order valence-corrected chi connectivity index (χ3v) is 4.16. The number of fused-ring (bicyclic) bond motifs is 1. The summed E-state index contributed by atoms with van der Waals surface area (Å²) in [4.78, 5) is 42.5. The number of nitrogens with two attached hydrogens (primary N) is 1. The molecule has 0 saturated heterocycles. The Bertz CT molecular complexity index is 1150. The number of nitrogens with zero attached hydrogens (tertiary/aromatic N) is 6. The summed E-state index contributed by atoms with van der Waals surface area (Å²) in [7, 11) is 2.87. The number of halogens is 1. The Morgan fingerprint density at radius 2 is 1.89 bits per heavy atom. The fourth-order valence-corrected chi connectivity index (χ4v) is 2.64. The van der Waals surface area contributed by atoms with E-state index in [4.69, 9.17) is 5.73 Å². The molecule has 3 rings (SSSR count). The molecule has 2 heterocycles. The van der Waals surface area contributed by atoms with E-state index < -0.39 is 17.1 Å². The van der Waals surface area contributed by atoms with Gasteiger partial charge in [0.15, 0.2) is 17.0 Å². The van der Waals surface area contributed by atoms with Crippen LogP contribution < -0.4 is 17.0 Å². The highest BCUT2D eigenvalue weighted by molar-refractivity contribution is 5.76. The first-order valence-electron chi connectivity index (χ1n) is 8.38. The summed E-state index contributed by atoms with van der Waals surface area (Å²) < 4.78 is 15.2. The molecule has 0 radical (unpaired) electrons. The monoisotopic (exact) mass is 387 g/mol. The van der Waals surface area contributed by atoms with Gasteiger partial charge in [-0.05, 0) is 24.3 Å². The quantitative estimate of drug-likeness (QED) is 0.614. The Morgan fingerprint density at radius 1 is 1.21 bits per heavy atom. The second kappa shape index (κ2) is 7.64. The minimum Gasteiger partial charge on any atom is -0.338 e. The largest absolute Gasteiger partial charge is 0.338 e. The first-order valence-corrected chi connectivity index (χ1v) is 8.38. The van der Waals surface area contributed by atoms with Crippen molar-refractivity contribution in [3.8, 4) is 5.69 Å². The van der Waals surface area contributed by atoms with Gasteiger partial charge in [0.25, 0.3) is 5.56 Å². The standard InChI is InChI=1S/C17H18FN7O3/c1-23(13(26)7-8-19)9-12-20-14-15(22-21-12)25(17(28)24(2)16(14)27)11-5-3-10(18)4-6-11/h3-6H,7-9,19H2,1-2H3. The molecule has 0 saturated carbocycles. The maximum Gasteiger partial charge on any atom is 0.337 e. The van der Waals surface area contributed by atoms with Crippen molar-refractivity contribution >= 4 is 17.1 Å². The lowest BCUT2D eigenvalue weighted by atomic mass is 10.3. The van der Waals surface area contributed by atoms with E-state index in [9.17, 15) is 18.8 Å². The van der Waals surface area contributed by atoms with E-state index in [1.54, 1.807) is 7.05 Å². The van der Waals surface area contributed by atoms with Crippen molar-refractivity contribution in [2.24, 2.45) is 12.8 Å². The average Bonchev–Trinajstić information content (AvgIpc) is 2.68. The molecule has 28 heavy (non-hydrogen) atoms. The minimum absolute atomic E-state index is 0.0284. The fourth-order valence-electron chi connectivity index (χ4n) is 2.64. The third-order valence-electron chi connectivity index (χ3n) is 4.16. The lowest BCUT2D eigenvalue weighted by molar-refractivity contribution is -0.130. The number of carbonyl (C=O) groups is 1. The van der Waals surface area contributed by atoms with Gasteiger partial charge in [-0.25, -0.2) is 18.7 Å². The predicted molar refractivity (Wildman–Crippen MR) is 98.3 cm³/mol. The van der Waals surface area contributed by atoms with Crippen LogP contribution >= 0.6 is 0 Å². The van der Waals surface area contributed by atoms with E-state index >= 15 is 0 Å². The fraction of sp³-hybridized carbons (Fsp3) is 0.294. The van der Waals surface area contributed by atoms with Crippen molar-refractivity contribution in [3.05, 3.63) is 56.7 Å². The van der Waals surface area contributed by atoms with Gasteiger partial charge >= 0.3 is 5.69 Å². The molecule has 0 spiro atoms. The first-order chi connectivity index (χ1) is 13.3. The molecule has 2 N–H and O–H groups in total. The molecule has 3 aromatic rings. The van der Waals surface area contributed by atoms with E-state index in [2.05, 4.69) is 15.2 Å². The molecule has 0 aliphatic heterocycles. The van der Waals surface area contributed by atoms with Crippen LogP contribution in [0.3, 0.4) is 0 Å². The summed E-state index contributed by atoms with van der Waals surface area (Å²) in [6, 6.07) is 5.14. The lowest BCUT2D eigenvalue weighted by Gasteiger charge is -2.16. The van der Waals surface area contributed by atoms with Gasteiger partial charge in [0, 0.05) is 27.1 Å². The van der Waals surface area contributed by atoms with Crippen molar-refractivity contribution in [1.29, 1.82) is 0 Å². The summed E-state index contributed by atoms with van der Waals surface area (Å²) in [6.07, 6.45) is 0.170. The Balaban J connectivity index is 2.14. The van der Waals surface area contributed by atoms with Crippen LogP contribution in [-0.2, 0) is 18.4 Å². The molecule has 10 nitrogen and oxygen atoms in total. The zero-order valence-electron chi connectivity index (χ0n) is 15.3. The summed E-state index contributed by atoms with van der Waals surface area (Å²) in [6.45, 7) is 0.241. The number of rotatable bonds is 5. The molecular formula is C17H18FN7O3. The van der Waals surface area contributed by atoms with E-state index in [0.29, 0.717) is 5.69 Å². The Labute approximate surface area is 158 Å². The summed E-state index contributed by atoms with van der Waals surface area (Å²) >= 11 is 0. The Kier molecular flexibility index (Phi) is 5.27.